The van der Waals surface area contributed by atoms with E-state index in [9.17, 15) is 9.90 Å². The van der Waals surface area contributed by atoms with Crippen molar-refractivity contribution in [2.75, 3.05) is 5.73 Å². The van der Waals surface area contributed by atoms with Crippen molar-refractivity contribution in [1.82, 2.24) is 4.57 Å². The Bertz CT molecular complexity index is 546. The molecule has 0 spiro atoms. The molecule has 0 saturated heterocycles. The topological polar surface area (TPSA) is 68.2 Å². The first kappa shape index (κ1) is 9.33. The molecule has 0 unspecified atom stereocenters. The Balaban J connectivity index is 2.59. The van der Waals surface area contributed by atoms with Crippen molar-refractivity contribution in [2.45, 2.75) is 0 Å². The molecule has 15 heavy (non-hydrogen) atoms. The minimum Gasteiger partial charge on any atom is -0.508 e. The predicted octanol–water partition coefficient (Wildman–Crippen LogP) is 1.13. The highest BCUT2D eigenvalue weighted by Crippen LogP contribution is 2.13. The maximum Gasteiger partial charge on any atom is 0.257 e. The molecule has 0 bridgehead atoms. The molecule has 0 aliphatic heterocycles. The second-order valence-corrected chi connectivity index (χ2v) is 3.19. The van der Waals surface area contributed by atoms with Crippen molar-refractivity contribution < 1.29 is 5.11 Å². The Morgan fingerprint density at radius 3 is 2.67 bits per heavy atom. The number of aromatic hydroxyl groups is 1. The summed E-state index contributed by atoms with van der Waals surface area (Å²) < 4.78 is 1.41. The number of hydrogen-bond donors (Lipinski definition) is 2. The molecule has 4 heteroatoms. The summed E-state index contributed by atoms with van der Waals surface area (Å²) in [6.45, 7) is 0. The fraction of sp³-hybridized carbons (Fsp3) is 0. The third kappa shape index (κ3) is 1.83. The van der Waals surface area contributed by atoms with Crippen molar-refractivity contribution in [3.63, 3.8) is 0 Å². The van der Waals surface area contributed by atoms with Gasteiger partial charge in [0.2, 0.25) is 0 Å². The molecule has 0 atom stereocenters. The van der Waals surface area contributed by atoms with Gasteiger partial charge in [-0.3, -0.25) is 9.36 Å². The molecule has 76 valence electrons. The van der Waals surface area contributed by atoms with Crippen molar-refractivity contribution in [3.05, 3.63) is 52.9 Å². The van der Waals surface area contributed by atoms with E-state index in [0.717, 1.165) is 0 Å². The standard InChI is InChI=1S/C11H10N2O2/c12-8-4-5-13(11(15)6-8)9-2-1-3-10(14)7-9/h1-7,14H,12H2. The van der Waals surface area contributed by atoms with Gasteiger partial charge in [0.1, 0.15) is 5.75 Å². The molecule has 3 N–H and O–H groups in total. The highest BCUT2D eigenvalue weighted by Gasteiger charge is 1.99. The number of nitrogen functional groups attached to an aromatic ring is 1. The van der Waals surface area contributed by atoms with Crippen LogP contribution in [0.4, 0.5) is 5.69 Å². The average Bonchev–Trinajstić information content (AvgIpc) is 2.17. The molecule has 1 heterocycles. The average molecular weight is 202 g/mol. The molecular weight excluding hydrogens is 192 g/mol. The number of phenolic OH excluding ortho intramolecular Hbond substituents is 1. The third-order valence-corrected chi connectivity index (χ3v) is 2.05. The number of pyridine rings is 1. The lowest BCUT2D eigenvalue weighted by Gasteiger charge is -2.05. The van der Waals surface area contributed by atoms with E-state index in [1.807, 2.05) is 0 Å². The smallest absolute Gasteiger partial charge is 0.257 e. The molecule has 1 aromatic heterocycles. The Labute approximate surface area is 86.2 Å². The Morgan fingerprint density at radius 2 is 2.00 bits per heavy atom. The lowest BCUT2D eigenvalue weighted by atomic mass is 10.3. The van der Waals surface area contributed by atoms with E-state index in [1.54, 1.807) is 30.5 Å². The van der Waals surface area contributed by atoms with Gasteiger partial charge in [-0.1, -0.05) is 6.07 Å². The molecule has 4 nitrogen and oxygen atoms in total. The highest BCUT2D eigenvalue weighted by atomic mass is 16.3. The van der Waals surface area contributed by atoms with Gasteiger partial charge in [0.05, 0.1) is 5.69 Å². The van der Waals surface area contributed by atoms with E-state index in [0.29, 0.717) is 11.4 Å². The van der Waals surface area contributed by atoms with Crippen LogP contribution in [0, 0.1) is 0 Å². The maximum absolute atomic E-state index is 11.6. The van der Waals surface area contributed by atoms with E-state index >= 15 is 0 Å². The second-order valence-electron chi connectivity index (χ2n) is 3.19. The monoisotopic (exact) mass is 202 g/mol. The number of anilines is 1. The van der Waals surface area contributed by atoms with Gasteiger partial charge in [-0.25, -0.2) is 0 Å². The fourth-order valence-corrected chi connectivity index (χ4v) is 1.35. The first-order chi connectivity index (χ1) is 7.16. The van der Waals surface area contributed by atoms with Crippen LogP contribution in [0.15, 0.2) is 47.4 Å². The van der Waals surface area contributed by atoms with Crippen molar-refractivity contribution in [2.24, 2.45) is 0 Å². The number of hydrogen-bond acceptors (Lipinski definition) is 3. The van der Waals surface area contributed by atoms with Crippen LogP contribution < -0.4 is 11.3 Å². The molecule has 0 aliphatic carbocycles. The third-order valence-electron chi connectivity index (χ3n) is 2.05. The number of aromatic nitrogens is 1. The number of nitrogens with zero attached hydrogens (tertiary/aromatic N) is 1. The van der Waals surface area contributed by atoms with Gasteiger partial charge in [0, 0.05) is 24.0 Å². The van der Waals surface area contributed by atoms with E-state index in [1.165, 1.54) is 16.7 Å². The number of phenols is 1. The van der Waals surface area contributed by atoms with Crippen molar-refractivity contribution in [3.8, 4) is 11.4 Å². The van der Waals surface area contributed by atoms with Crippen LogP contribution in [-0.4, -0.2) is 9.67 Å². The summed E-state index contributed by atoms with van der Waals surface area (Å²) in [6, 6.07) is 9.43. The fourth-order valence-electron chi connectivity index (χ4n) is 1.35. The first-order valence-corrected chi connectivity index (χ1v) is 4.44. The minimum absolute atomic E-state index is 0.122. The molecular formula is C11H10N2O2. The zero-order chi connectivity index (χ0) is 10.8. The quantitative estimate of drug-likeness (QED) is 0.728. The highest BCUT2D eigenvalue weighted by molar-refractivity contribution is 5.42. The first-order valence-electron chi connectivity index (χ1n) is 4.44. The number of benzene rings is 1. The Morgan fingerprint density at radius 1 is 1.20 bits per heavy atom. The summed E-state index contributed by atoms with van der Waals surface area (Å²) in [7, 11) is 0. The van der Waals surface area contributed by atoms with Gasteiger partial charge in [-0.15, -0.1) is 0 Å². The Hall–Kier alpha value is -2.23. The molecule has 1 aromatic carbocycles. The zero-order valence-electron chi connectivity index (χ0n) is 7.92. The minimum atomic E-state index is -0.222. The number of rotatable bonds is 1. The van der Waals surface area contributed by atoms with Crippen molar-refractivity contribution >= 4 is 5.69 Å². The molecule has 0 amide bonds. The largest absolute Gasteiger partial charge is 0.508 e. The summed E-state index contributed by atoms with van der Waals surface area (Å²) in [5.74, 6) is 0.122. The predicted molar refractivity (Wildman–Crippen MR) is 58.1 cm³/mol. The Kier molecular flexibility index (Phi) is 2.17. The zero-order valence-corrected chi connectivity index (χ0v) is 7.92. The van der Waals surface area contributed by atoms with Crippen molar-refractivity contribution in [1.29, 1.82) is 0 Å². The summed E-state index contributed by atoms with van der Waals surface area (Å²) in [6.07, 6.45) is 1.58. The lowest BCUT2D eigenvalue weighted by molar-refractivity contribution is 0.475. The van der Waals surface area contributed by atoms with Gasteiger partial charge in [-0.05, 0) is 18.2 Å². The summed E-state index contributed by atoms with van der Waals surface area (Å²) in [5, 5.41) is 9.28. The SMILES string of the molecule is Nc1ccn(-c2cccc(O)c2)c(=O)c1. The van der Waals surface area contributed by atoms with Crippen LogP contribution >= 0.6 is 0 Å². The van der Waals surface area contributed by atoms with E-state index in [-0.39, 0.29) is 11.3 Å². The van der Waals surface area contributed by atoms with Gasteiger partial charge in [0.15, 0.2) is 0 Å². The molecule has 0 radical (unpaired) electrons. The van der Waals surface area contributed by atoms with Crippen LogP contribution in [0.5, 0.6) is 5.75 Å². The van der Waals surface area contributed by atoms with Crippen LogP contribution in [0.3, 0.4) is 0 Å². The summed E-state index contributed by atoms with van der Waals surface area (Å²) in [4.78, 5) is 11.6. The molecule has 0 aliphatic rings. The molecule has 0 saturated carbocycles. The lowest BCUT2D eigenvalue weighted by Crippen LogP contribution is -2.16. The van der Waals surface area contributed by atoms with Crippen LogP contribution in [-0.2, 0) is 0 Å². The second kappa shape index (κ2) is 3.49. The summed E-state index contributed by atoms with van der Waals surface area (Å²) in [5.41, 5.74) is 6.29. The van der Waals surface area contributed by atoms with Crippen LogP contribution in [0.25, 0.3) is 5.69 Å². The molecule has 2 rings (SSSR count). The van der Waals surface area contributed by atoms with E-state index in [2.05, 4.69) is 0 Å². The number of nitrogens with two attached hydrogens (primary N) is 1. The van der Waals surface area contributed by atoms with Gasteiger partial charge >= 0.3 is 0 Å². The van der Waals surface area contributed by atoms with Gasteiger partial charge in [0.25, 0.3) is 5.56 Å². The maximum atomic E-state index is 11.6. The van der Waals surface area contributed by atoms with Crippen LogP contribution in [0.1, 0.15) is 0 Å². The molecule has 0 fully saturated rings. The van der Waals surface area contributed by atoms with Crippen LogP contribution in [0.2, 0.25) is 0 Å². The van der Waals surface area contributed by atoms with E-state index in [4.69, 9.17) is 5.73 Å². The summed E-state index contributed by atoms with van der Waals surface area (Å²) >= 11 is 0. The van der Waals surface area contributed by atoms with Gasteiger partial charge in [-0.2, -0.15) is 0 Å². The normalized spacial score (nSPS) is 10.1. The van der Waals surface area contributed by atoms with E-state index < -0.39 is 0 Å². The van der Waals surface area contributed by atoms with Gasteiger partial charge < -0.3 is 10.8 Å². The molecule has 2 aromatic rings.